The van der Waals surface area contributed by atoms with Crippen LogP contribution in [0.5, 0.6) is 0 Å². The number of carboxylic acid groups (broad SMARTS) is 1. The van der Waals surface area contributed by atoms with Gasteiger partial charge in [-0.3, -0.25) is 4.79 Å². The first kappa shape index (κ1) is 13.2. The van der Waals surface area contributed by atoms with Crippen molar-refractivity contribution in [1.82, 2.24) is 5.32 Å². The zero-order valence-electron chi connectivity index (χ0n) is 9.82. The van der Waals surface area contributed by atoms with Crippen LogP contribution in [0, 0.1) is 5.41 Å². The van der Waals surface area contributed by atoms with Crippen LogP contribution in [-0.2, 0) is 11.3 Å². The van der Waals surface area contributed by atoms with E-state index in [-0.39, 0.29) is 12.1 Å². The van der Waals surface area contributed by atoms with E-state index in [1.807, 2.05) is 0 Å². The van der Waals surface area contributed by atoms with E-state index in [0.717, 1.165) is 0 Å². The minimum atomic E-state index is -1.04. The van der Waals surface area contributed by atoms with Gasteiger partial charge in [-0.15, -0.1) is 0 Å². The number of hydrogen-bond acceptors (Lipinski definition) is 4. The van der Waals surface area contributed by atoms with Crippen LogP contribution in [-0.4, -0.2) is 23.5 Å². The predicted octanol–water partition coefficient (Wildman–Crippen LogP) is 0.579. The van der Waals surface area contributed by atoms with E-state index in [2.05, 4.69) is 5.32 Å². The molecule has 0 aliphatic heterocycles. The number of nitrogens with one attached hydrogen (secondary N) is 1. The first-order chi connectivity index (χ1) is 7.84. The van der Waals surface area contributed by atoms with Gasteiger partial charge in [0.25, 0.3) is 0 Å². The van der Waals surface area contributed by atoms with Crippen molar-refractivity contribution >= 4 is 11.9 Å². The molecular formula is C11H16N2O4. The highest BCUT2D eigenvalue weighted by atomic mass is 16.4. The molecule has 0 aliphatic rings. The molecule has 0 unspecified atom stereocenters. The second-order valence-electron chi connectivity index (χ2n) is 4.41. The Labute approximate surface area is 98.8 Å². The van der Waals surface area contributed by atoms with Crippen molar-refractivity contribution in [3.63, 3.8) is 0 Å². The number of amides is 1. The maximum atomic E-state index is 11.1. The van der Waals surface area contributed by atoms with Crippen LogP contribution < -0.4 is 11.1 Å². The number of furan rings is 1. The lowest BCUT2D eigenvalue weighted by atomic mass is 9.93. The van der Waals surface area contributed by atoms with Crippen molar-refractivity contribution in [2.75, 3.05) is 6.54 Å². The Hall–Kier alpha value is -1.82. The van der Waals surface area contributed by atoms with Crippen LogP contribution in [0.15, 0.2) is 16.7 Å². The van der Waals surface area contributed by atoms with E-state index in [0.29, 0.717) is 12.3 Å². The molecule has 1 aromatic heterocycles. The largest absolute Gasteiger partial charge is 0.478 e. The highest BCUT2D eigenvalue weighted by Crippen LogP contribution is 2.14. The zero-order valence-corrected chi connectivity index (χ0v) is 9.82. The molecule has 1 aromatic rings. The minimum absolute atomic E-state index is 0.120. The van der Waals surface area contributed by atoms with Gasteiger partial charge in [-0.25, -0.2) is 4.79 Å². The summed E-state index contributed by atoms with van der Waals surface area (Å²) in [5.41, 5.74) is 4.65. The lowest BCUT2D eigenvalue weighted by molar-refractivity contribution is -0.125. The summed E-state index contributed by atoms with van der Waals surface area (Å²) in [6, 6.07) is 1.39. The van der Waals surface area contributed by atoms with Crippen molar-refractivity contribution in [2.24, 2.45) is 11.1 Å². The molecule has 0 saturated heterocycles. The molecule has 0 saturated carbocycles. The molecule has 4 N–H and O–H groups in total. The third-order valence-corrected chi connectivity index (χ3v) is 2.50. The zero-order chi connectivity index (χ0) is 13.1. The van der Waals surface area contributed by atoms with Gasteiger partial charge in [0.1, 0.15) is 11.3 Å². The number of hydrogen-bond donors (Lipinski definition) is 3. The van der Waals surface area contributed by atoms with Crippen LogP contribution in [0.2, 0.25) is 0 Å². The Morgan fingerprint density at radius 2 is 2.18 bits per heavy atom. The number of carboxylic acids is 1. The van der Waals surface area contributed by atoms with Gasteiger partial charge in [0.15, 0.2) is 0 Å². The summed E-state index contributed by atoms with van der Waals surface area (Å²) < 4.78 is 5.04. The van der Waals surface area contributed by atoms with E-state index in [1.165, 1.54) is 12.3 Å². The van der Waals surface area contributed by atoms with Crippen molar-refractivity contribution in [3.05, 3.63) is 23.7 Å². The average Bonchev–Trinajstić information content (AvgIpc) is 2.65. The first-order valence-corrected chi connectivity index (χ1v) is 5.15. The molecular weight excluding hydrogens is 224 g/mol. The Balaban J connectivity index is 2.54. The fraction of sp³-hybridized carbons (Fsp3) is 0.455. The molecule has 6 heteroatoms. The lowest BCUT2D eigenvalue weighted by Gasteiger charge is -2.20. The quantitative estimate of drug-likeness (QED) is 0.674. The Kier molecular flexibility index (Phi) is 3.90. The van der Waals surface area contributed by atoms with E-state index in [9.17, 15) is 9.59 Å². The molecule has 0 spiro atoms. The summed E-state index contributed by atoms with van der Waals surface area (Å²) in [6.07, 6.45) is 1.32. The van der Waals surface area contributed by atoms with Crippen LogP contribution in [0.1, 0.15) is 30.0 Å². The summed E-state index contributed by atoms with van der Waals surface area (Å²) >= 11 is 0. The fourth-order valence-corrected chi connectivity index (χ4v) is 1.24. The molecule has 6 nitrogen and oxygen atoms in total. The van der Waals surface area contributed by atoms with Crippen LogP contribution in [0.3, 0.4) is 0 Å². The van der Waals surface area contributed by atoms with Gasteiger partial charge in [0.2, 0.25) is 5.91 Å². The molecule has 1 rings (SSSR count). The summed E-state index contributed by atoms with van der Waals surface area (Å²) in [5.74, 6) is -1.12. The molecule has 0 fully saturated rings. The fourth-order valence-electron chi connectivity index (χ4n) is 1.24. The van der Waals surface area contributed by atoms with Crippen molar-refractivity contribution in [2.45, 2.75) is 20.4 Å². The maximum absolute atomic E-state index is 11.1. The number of rotatable bonds is 6. The van der Waals surface area contributed by atoms with Gasteiger partial charge in [-0.1, -0.05) is 0 Å². The van der Waals surface area contributed by atoms with Gasteiger partial charge in [-0.2, -0.15) is 0 Å². The first-order valence-electron chi connectivity index (χ1n) is 5.15. The highest BCUT2D eigenvalue weighted by Gasteiger charge is 2.24. The normalized spacial score (nSPS) is 11.4. The van der Waals surface area contributed by atoms with Gasteiger partial charge in [0, 0.05) is 6.54 Å². The topological polar surface area (TPSA) is 106 Å². The monoisotopic (exact) mass is 240 g/mol. The molecule has 1 amide bonds. The smallest absolute Gasteiger partial charge is 0.339 e. The Bertz CT molecular complexity index is 423. The third-order valence-electron chi connectivity index (χ3n) is 2.50. The minimum Gasteiger partial charge on any atom is -0.478 e. The van der Waals surface area contributed by atoms with Gasteiger partial charge in [0.05, 0.1) is 18.2 Å². The summed E-state index contributed by atoms with van der Waals surface area (Å²) in [5, 5.41) is 11.8. The Morgan fingerprint density at radius 3 is 2.71 bits per heavy atom. The molecule has 0 bridgehead atoms. The number of primary amides is 1. The highest BCUT2D eigenvalue weighted by molar-refractivity contribution is 5.88. The Morgan fingerprint density at radius 1 is 1.53 bits per heavy atom. The number of carbonyl (C=O) groups is 2. The molecule has 0 atom stereocenters. The third kappa shape index (κ3) is 3.32. The van der Waals surface area contributed by atoms with Crippen LogP contribution in [0.25, 0.3) is 0 Å². The summed E-state index contributed by atoms with van der Waals surface area (Å²) in [7, 11) is 0. The number of nitrogens with two attached hydrogens (primary N) is 1. The lowest BCUT2D eigenvalue weighted by Crippen LogP contribution is -2.40. The summed E-state index contributed by atoms with van der Waals surface area (Å²) in [6.45, 7) is 4.01. The van der Waals surface area contributed by atoms with Gasteiger partial charge >= 0.3 is 5.97 Å². The molecule has 0 radical (unpaired) electrons. The molecule has 0 aromatic carbocycles. The molecule has 1 heterocycles. The molecule has 0 aliphatic carbocycles. The van der Waals surface area contributed by atoms with Crippen LogP contribution in [0.4, 0.5) is 0 Å². The van der Waals surface area contributed by atoms with E-state index >= 15 is 0 Å². The van der Waals surface area contributed by atoms with Gasteiger partial charge < -0.3 is 20.6 Å². The van der Waals surface area contributed by atoms with E-state index < -0.39 is 17.3 Å². The van der Waals surface area contributed by atoms with Crippen LogP contribution >= 0.6 is 0 Å². The molecule has 94 valence electrons. The second kappa shape index (κ2) is 5.01. The van der Waals surface area contributed by atoms with Gasteiger partial charge in [-0.05, 0) is 19.9 Å². The maximum Gasteiger partial charge on any atom is 0.339 e. The van der Waals surface area contributed by atoms with Crippen molar-refractivity contribution in [1.29, 1.82) is 0 Å². The van der Waals surface area contributed by atoms with E-state index in [1.54, 1.807) is 13.8 Å². The second-order valence-corrected chi connectivity index (χ2v) is 4.41. The van der Waals surface area contributed by atoms with E-state index in [4.69, 9.17) is 15.3 Å². The summed E-state index contributed by atoms with van der Waals surface area (Å²) in [4.78, 5) is 21.8. The predicted molar refractivity (Wildman–Crippen MR) is 60.3 cm³/mol. The number of aromatic carboxylic acids is 1. The molecule has 17 heavy (non-hydrogen) atoms. The average molecular weight is 240 g/mol. The van der Waals surface area contributed by atoms with Crippen molar-refractivity contribution in [3.8, 4) is 0 Å². The van der Waals surface area contributed by atoms with Crippen molar-refractivity contribution < 1.29 is 19.1 Å². The SMILES string of the molecule is CC(C)(CNCc1occc1C(=O)O)C(N)=O. The number of carbonyl (C=O) groups excluding carboxylic acids is 1. The standard InChI is InChI=1S/C11H16N2O4/c1-11(2,10(12)16)6-13-5-8-7(9(14)15)3-4-17-8/h3-4,13H,5-6H2,1-2H3,(H2,12,16)(H,14,15).